The Hall–Kier alpha value is -1.84. The zero-order valence-corrected chi connectivity index (χ0v) is 12.7. The van der Waals surface area contributed by atoms with Crippen LogP contribution in [0.15, 0.2) is 23.2 Å². The predicted octanol–water partition coefficient (Wildman–Crippen LogP) is 2.60. The van der Waals surface area contributed by atoms with Crippen molar-refractivity contribution in [2.24, 2.45) is 0 Å². The Morgan fingerprint density at radius 2 is 1.95 bits per heavy atom. The summed E-state index contributed by atoms with van der Waals surface area (Å²) in [6.07, 6.45) is 0. The van der Waals surface area contributed by atoms with Crippen molar-refractivity contribution < 1.29 is 8.42 Å². The van der Waals surface area contributed by atoms with Crippen LogP contribution in [0, 0.1) is 32.1 Å². The van der Waals surface area contributed by atoms with E-state index in [1.165, 1.54) is 4.68 Å². The van der Waals surface area contributed by atoms with Gasteiger partial charge in [-0.3, -0.25) is 0 Å². The van der Waals surface area contributed by atoms with E-state index in [0.29, 0.717) is 11.4 Å². The van der Waals surface area contributed by atoms with Gasteiger partial charge in [0.1, 0.15) is 11.6 Å². The summed E-state index contributed by atoms with van der Waals surface area (Å²) in [6.45, 7) is 5.30. The molecule has 0 saturated carbocycles. The minimum atomic E-state index is -4.08. The molecule has 7 heteroatoms. The van der Waals surface area contributed by atoms with E-state index in [1.54, 1.807) is 13.0 Å². The average Bonchev–Trinajstić information content (AvgIpc) is 2.68. The molecule has 0 unspecified atom stereocenters. The first kappa shape index (κ1) is 14.6. The van der Waals surface area contributed by atoms with Crippen LogP contribution in [0.4, 0.5) is 0 Å². The number of halogens is 1. The quantitative estimate of drug-likeness (QED) is 0.799. The highest BCUT2D eigenvalue weighted by Crippen LogP contribution is 2.27. The highest BCUT2D eigenvalue weighted by Gasteiger charge is 2.27. The molecule has 0 N–H and O–H groups in total. The minimum absolute atomic E-state index is 0.0269. The summed E-state index contributed by atoms with van der Waals surface area (Å²) in [7, 11) is 1.38. The van der Waals surface area contributed by atoms with E-state index >= 15 is 0 Å². The van der Waals surface area contributed by atoms with Crippen LogP contribution in [-0.2, 0) is 9.05 Å². The smallest absolute Gasteiger partial charge is 0.219 e. The largest absolute Gasteiger partial charge is 0.280 e. The molecule has 0 atom stereocenters. The molecule has 5 nitrogen and oxygen atoms in total. The van der Waals surface area contributed by atoms with Crippen LogP contribution in [-0.4, -0.2) is 18.2 Å². The Kier molecular flexibility index (Phi) is 3.59. The predicted molar refractivity (Wildman–Crippen MR) is 75.5 cm³/mol. The van der Waals surface area contributed by atoms with Gasteiger partial charge in [-0.1, -0.05) is 12.1 Å². The number of nitriles is 1. The van der Waals surface area contributed by atoms with E-state index < -0.39 is 9.05 Å². The van der Waals surface area contributed by atoms with E-state index in [-0.39, 0.29) is 10.6 Å². The van der Waals surface area contributed by atoms with Crippen LogP contribution in [0.1, 0.15) is 22.4 Å². The van der Waals surface area contributed by atoms with Gasteiger partial charge in [-0.2, -0.15) is 10.4 Å². The van der Waals surface area contributed by atoms with Gasteiger partial charge in [0.25, 0.3) is 9.05 Å². The van der Waals surface area contributed by atoms with Crippen molar-refractivity contribution in [3.8, 4) is 11.8 Å². The van der Waals surface area contributed by atoms with E-state index in [9.17, 15) is 8.42 Å². The number of benzene rings is 1. The summed E-state index contributed by atoms with van der Waals surface area (Å²) in [4.78, 5) is 0. The number of aryl methyl sites for hydroxylation is 3. The Balaban J connectivity index is 2.90. The van der Waals surface area contributed by atoms with Crippen LogP contribution in [0.5, 0.6) is 0 Å². The molecule has 0 fully saturated rings. The van der Waals surface area contributed by atoms with Crippen LogP contribution in [0.2, 0.25) is 0 Å². The van der Waals surface area contributed by atoms with Crippen LogP contribution < -0.4 is 0 Å². The van der Waals surface area contributed by atoms with Crippen LogP contribution in [0.25, 0.3) is 5.69 Å². The lowest BCUT2D eigenvalue weighted by Crippen LogP contribution is -2.07. The molecule has 0 amide bonds. The zero-order chi connectivity index (χ0) is 15.1. The van der Waals surface area contributed by atoms with Gasteiger partial charge < -0.3 is 0 Å². The molecule has 1 heterocycles. The molecular weight excluding hydrogens is 298 g/mol. The van der Waals surface area contributed by atoms with Crippen LogP contribution >= 0.6 is 10.7 Å². The molecule has 20 heavy (non-hydrogen) atoms. The molecule has 0 bridgehead atoms. The molecule has 1 aromatic carbocycles. The maximum Gasteiger partial charge on any atom is 0.280 e. The monoisotopic (exact) mass is 309 g/mol. The Morgan fingerprint density at radius 1 is 1.30 bits per heavy atom. The molecule has 0 radical (unpaired) electrons. The summed E-state index contributed by atoms with van der Waals surface area (Å²) < 4.78 is 24.8. The molecule has 2 aromatic rings. The molecule has 104 valence electrons. The van der Waals surface area contributed by atoms with Crippen molar-refractivity contribution >= 4 is 19.7 Å². The third kappa shape index (κ3) is 2.42. The van der Waals surface area contributed by atoms with Gasteiger partial charge in [-0.25, -0.2) is 13.1 Å². The summed E-state index contributed by atoms with van der Waals surface area (Å²) in [5.41, 5.74) is 2.68. The van der Waals surface area contributed by atoms with Crippen molar-refractivity contribution in [2.75, 3.05) is 0 Å². The fourth-order valence-electron chi connectivity index (χ4n) is 1.97. The highest BCUT2D eigenvalue weighted by molar-refractivity contribution is 8.13. The number of nitrogens with zero attached hydrogens (tertiary/aromatic N) is 3. The summed E-state index contributed by atoms with van der Waals surface area (Å²) in [5, 5.41) is 13.0. The van der Waals surface area contributed by atoms with Crippen molar-refractivity contribution in [1.82, 2.24) is 9.78 Å². The minimum Gasteiger partial charge on any atom is -0.219 e. The number of hydrogen-bond acceptors (Lipinski definition) is 4. The molecule has 0 saturated heterocycles. The standard InChI is InChI=1S/C13H12ClN3O2S/c1-8-4-5-9(2)12(6-8)17-13(20(14,18)19)11(7-15)10(3)16-17/h4-6H,1-3H3. The molecule has 2 rings (SSSR count). The first-order chi connectivity index (χ1) is 9.25. The molecule has 1 aromatic heterocycles. The second kappa shape index (κ2) is 4.93. The van der Waals surface area contributed by atoms with Gasteiger partial charge in [-0.15, -0.1) is 0 Å². The van der Waals surface area contributed by atoms with Gasteiger partial charge in [0.15, 0.2) is 5.03 Å². The second-order valence-corrected chi connectivity index (χ2v) is 7.00. The number of rotatable bonds is 2. The lowest BCUT2D eigenvalue weighted by atomic mass is 10.1. The number of aromatic nitrogens is 2. The lowest BCUT2D eigenvalue weighted by molar-refractivity contribution is 0.599. The molecule has 0 aliphatic heterocycles. The Bertz CT molecular complexity index is 832. The molecule has 0 aliphatic carbocycles. The van der Waals surface area contributed by atoms with E-state index in [4.69, 9.17) is 15.9 Å². The van der Waals surface area contributed by atoms with E-state index in [1.807, 2.05) is 32.0 Å². The van der Waals surface area contributed by atoms with Gasteiger partial charge in [-0.05, 0) is 38.0 Å². The first-order valence-electron chi connectivity index (χ1n) is 5.77. The first-order valence-corrected chi connectivity index (χ1v) is 8.08. The van der Waals surface area contributed by atoms with Crippen molar-refractivity contribution in [3.05, 3.63) is 40.6 Å². The van der Waals surface area contributed by atoms with Crippen molar-refractivity contribution in [1.29, 1.82) is 5.26 Å². The molecule has 0 spiro atoms. The fourth-order valence-corrected chi connectivity index (χ4v) is 3.18. The van der Waals surface area contributed by atoms with Gasteiger partial charge in [0.2, 0.25) is 0 Å². The van der Waals surface area contributed by atoms with Crippen molar-refractivity contribution in [2.45, 2.75) is 25.8 Å². The molecule has 0 aliphatic rings. The molecular formula is C13H12ClN3O2S. The van der Waals surface area contributed by atoms with Gasteiger partial charge in [0.05, 0.1) is 11.4 Å². The third-order valence-corrected chi connectivity index (χ3v) is 4.23. The summed E-state index contributed by atoms with van der Waals surface area (Å²) in [5.74, 6) is 0. The maximum atomic E-state index is 11.8. The normalized spacial score (nSPS) is 11.3. The SMILES string of the molecule is Cc1ccc(C)c(-n2nc(C)c(C#N)c2S(=O)(=O)Cl)c1. The second-order valence-electron chi connectivity index (χ2n) is 4.52. The van der Waals surface area contributed by atoms with Crippen molar-refractivity contribution in [3.63, 3.8) is 0 Å². The van der Waals surface area contributed by atoms with Gasteiger partial charge >= 0.3 is 0 Å². The van der Waals surface area contributed by atoms with Gasteiger partial charge in [0, 0.05) is 10.7 Å². The average molecular weight is 310 g/mol. The maximum absolute atomic E-state index is 11.8. The third-order valence-electron chi connectivity index (χ3n) is 2.95. The fraction of sp³-hybridized carbons (Fsp3) is 0.231. The zero-order valence-electron chi connectivity index (χ0n) is 11.2. The number of hydrogen-bond donors (Lipinski definition) is 0. The summed E-state index contributed by atoms with van der Waals surface area (Å²) in [6, 6.07) is 7.42. The highest BCUT2D eigenvalue weighted by atomic mass is 35.7. The van der Waals surface area contributed by atoms with E-state index in [0.717, 1.165) is 11.1 Å². The Morgan fingerprint density at radius 3 is 2.50 bits per heavy atom. The summed E-state index contributed by atoms with van der Waals surface area (Å²) >= 11 is 0. The topological polar surface area (TPSA) is 75.8 Å². The van der Waals surface area contributed by atoms with E-state index in [2.05, 4.69) is 5.10 Å². The Labute approximate surface area is 121 Å². The lowest BCUT2D eigenvalue weighted by Gasteiger charge is -2.09. The van der Waals surface area contributed by atoms with Crippen LogP contribution in [0.3, 0.4) is 0 Å².